The number of allylic oxidation sites excluding steroid dienone is 3. The first-order valence-corrected chi connectivity index (χ1v) is 7.36. The van der Waals surface area contributed by atoms with Gasteiger partial charge in [0, 0.05) is 17.8 Å². The molecule has 1 aliphatic carbocycles. The lowest BCUT2D eigenvalue weighted by molar-refractivity contribution is 0.348. The van der Waals surface area contributed by atoms with Crippen LogP contribution in [-0.4, -0.2) is 22.1 Å². The summed E-state index contributed by atoms with van der Waals surface area (Å²) in [5, 5.41) is 21.8. The Bertz CT molecular complexity index is 911. The van der Waals surface area contributed by atoms with Crippen LogP contribution in [-0.2, 0) is 0 Å². The van der Waals surface area contributed by atoms with Crippen LogP contribution in [0.3, 0.4) is 0 Å². The molecule has 0 bridgehead atoms. The zero-order valence-corrected chi connectivity index (χ0v) is 12.2. The third-order valence-corrected chi connectivity index (χ3v) is 4.01. The van der Waals surface area contributed by atoms with Gasteiger partial charge in [-0.15, -0.1) is 0 Å². The van der Waals surface area contributed by atoms with E-state index in [9.17, 15) is 5.26 Å². The molecule has 5 heteroatoms. The Labute approximate surface area is 133 Å². The predicted molar refractivity (Wildman–Crippen MR) is 87.9 cm³/mol. The van der Waals surface area contributed by atoms with Crippen molar-refractivity contribution >= 4 is 16.8 Å². The highest BCUT2D eigenvalue weighted by Gasteiger charge is 2.32. The molecular weight excluding hydrogens is 286 g/mol. The topological polar surface area (TPSA) is 64.6 Å². The molecule has 1 aliphatic heterocycles. The lowest BCUT2D eigenvalue weighted by atomic mass is 10.0. The number of hydrogen-bond donors (Lipinski definition) is 0. The molecule has 0 saturated heterocycles. The van der Waals surface area contributed by atoms with Crippen molar-refractivity contribution in [2.45, 2.75) is 12.1 Å². The highest BCUT2D eigenvalue weighted by molar-refractivity contribution is 5.90. The Morgan fingerprint density at radius 3 is 3.04 bits per heavy atom. The highest BCUT2D eigenvalue weighted by Crippen LogP contribution is 2.28. The lowest BCUT2D eigenvalue weighted by Crippen LogP contribution is -2.32. The van der Waals surface area contributed by atoms with Gasteiger partial charge in [-0.25, -0.2) is 5.01 Å². The van der Waals surface area contributed by atoms with Gasteiger partial charge in [0.15, 0.2) is 0 Å². The Morgan fingerprint density at radius 1 is 1.22 bits per heavy atom. The van der Waals surface area contributed by atoms with Gasteiger partial charge in [-0.3, -0.25) is 4.98 Å². The van der Waals surface area contributed by atoms with E-state index in [0.717, 1.165) is 16.3 Å². The van der Waals surface area contributed by atoms with E-state index in [1.807, 2.05) is 60.8 Å². The summed E-state index contributed by atoms with van der Waals surface area (Å²) >= 11 is 0. The van der Waals surface area contributed by atoms with Crippen LogP contribution in [0.5, 0.6) is 0 Å². The van der Waals surface area contributed by atoms with Gasteiger partial charge in [0.2, 0.25) is 0 Å². The maximum atomic E-state index is 9.59. The van der Waals surface area contributed by atoms with E-state index in [2.05, 4.69) is 21.4 Å². The van der Waals surface area contributed by atoms with Crippen molar-refractivity contribution < 1.29 is 0 Å². The van der Waals surface area contributed by atoms with E-state index in [-0.39, 0.29) is 12.1 Å². The third-order valence-electron chi connectivity index (χ3n) is 4.01. The number of pyridine rings is 1. The fraction of sp³-hybridized carbons (Fsp3) is 0.111. The second-order valence-electron chi connectivity index (χ2n) is 5.39. The molecule has 2 aliphatic rings. The van der Waals surface area contributed by atoms with E-state index >= 15 is 0 Å². The van der Waals surface area contributed by atoms with E-state index in [0.29, 0.717) is 5.70 Å². The first-order valence-electron chi connectivity index (χ1n) is 7.36. The summed E-state index contributed by atoms with van der Waals surface area (Å²) in [5.41, 5.74) is 1.45. The number of nitrogens with zero attached hydrogens (tertiary/aromatic N) is 5. The monoisotopic (exact) mass is 299 g/mol. The van der Waals surface area contributed by atoms with Gasteiger partial charge in [-0.05, 0) is 23.1 Å². The summed E-state index contributed by atoms with van der Waals surface area (Å²) in [4.78, 5) is 4.14. The molecule has 0 saturated carbocycles. The van der Waals surface area contributed by atoms with Crippen LogP contribution in [0, 0.1) is 11.3 Å². The molecule has 2 unspecified atom stereocenters. The molecule has 0 N–H and O–H groups in total. The number of hydrogen-bond acceptors (Lipinski definition) is 5. The van der Waals surface area contributed by atoms with Crippen molar-refractivity contribution in [1.29, 1.82) is 5.26 Å². The second kappa shape index (κ2) is 5.50. The fourth-order valence-corrected chi connectivity index (χ4v) is 2.87. The molecule has 0 fully saturated rings. The summed E-state index contributed by atoms with van der Waals surface area (Å²) < 4.78 is 0. The number of fused-ring (bicyclic) bond motifs is 2. The lowest BCUT2D eigenvalue weighted by Gasteiger charge is -2.22. The van der Waals surface area contributed by atoms with Crippen molar-refractivity contribution in [2.75, 3.05) is 0 Å². The molecular formula is C18H13N5. The van der Waals surface area contributed by atoms with E-state index < -0.39 is 0 Å². The number of aromatic nitrogens is 1. The van der Waals surface area contributed by atoms with Crippen molar-refractivity contribution in [3.05, 3.63) is 72.2 Å². The first-order chi connectivity index (χ1) is 11.4. The van der Waals surface area contributed by atoms with Crippen molar-refractivity contribution in [3.8, 4) is 6.07 Å². The van der Waals surface area contributed by atoms with Crippen LogP contribution in [0.25, 0.3) is 16.8 Å². The number of benzene rings is 1. The van der Waals surface area contributed by atoms with Crippen LogP contribution >= 0.6 is 0 Å². The molecule has 1 aromatic carbocycles. The van der Waals surface area contributed by atoms with Gasteiger partial charge in [-0.2, -0.15) is 10.4 Å². The third kappa shape index (κ3) is 2.30. The number of nitriles is 1. The summed E-state index contributed by atoms with van der Waals surface area (Å²) in [6, 6.07) is 10.1. The molecule has 2 heterocycles. The average Bonchev–Trinajstić information content (AvgIpc) is 3.04. The van der Waals surface area contributed by atoms with E-state index in [1.54, 1.807) is 11.2 Å². The minimum Gasteiger partial charge on any atom is -0.264 e. The minimum absolute atomic E-state index is 0.0199. The van der Waals surface area contributed by atoms with Gasteiger partial charge in [-0.1, -0.05) is 47.7 Å². The van der Waals surface area contributed by atoms with Crippen LogP contribution in [0.15, 0.2) is 77.0 Å². The highest BCUT2D eigenvalue weighted by atomic mass is 15.6. The maximum absolute atomic E-state index is 9.59. The summed E-state index contributed by atoms with van der Waals surface area (Å²) in [6.45, 7) is 0. The molecule has 5 nitrogen and oxygen atoms in total. The second-order valence-corrected chi connectivity index (χ2v) is 5.39. The first kappa shape index (κ1) is 13.4. The van der Waals surface area contributed by atoms with Crippen LogP contribution < -0.4 is 0 Å². The Balaban J connectivity index is 1.77. The molecule has 1 aromatic heterocycles. The normalized spacial score (nSPS) is 22.4. The van der Waals surface area contributed by atoms with Gasteiger partial charge in [0.25, 0.3) is 0 Å². The standard InChI is InChI=1S/C18H13N5/c19-11-15(23-18-7-2-1-6-17(18)21-22-23)10-13-4-3-5-14-12-20-9-8-16(13)14/h1-10,12,17-18H/b15-10+. The average molecular weight is 299 g/mol. The summed E-state index contributed by atoms with van der Waals surface area (Å²) in [7, 11) is 0. The molecule has 0 amide bonds. The zero-order valence-electron chi connectivity index (χ0n) is 12.2. The Morgan fingerprint density at radius 2 is 2.13 bits per heavy atom. The molecule has 4 rings (SSSR count). The van der Waals surface area contributed by atoms with Crippen LogP contribution in [0.4, 0.5) is 0 Å². The largest absolute Gasteiger partial charge is 0.264 e. The summed E-state index contributed by atoms with van der Waals surface area (Å²) in [5.74, 6) is 0. The van der Waals surface area contributed by atoms with Crippen molar-refractivity contribution in [2.24, 2.45) is 10.3 Å². The fourth-order valence-electron chi connectivity index (χ4n) is 2.87. The van der Waals surface area contributed by atoms with E-state index in [1.165, 1.54) is 0 Å². The number of rotatable bonds is 2. The van der Waals surface area contributed by atoms with Gasteiger partial charge < -0.3 is 0 Å². The maximum Gasteiger partial charge on any atom is 0.140 e. The van der Waals surface area contributed by atoms with Crippen molar-refractivity contribution in [1.82, 2.24) is 9.99 Å². The van der Waals surface area contributed by atoms with Gasteiger partial charge in [0.1, 0.15) is 23.8 Å². The van der Waals surface area contributed by atoms with Crippen molar-refractivity contribution in [3.63, 3.8) is 0 Å². The van der Waals surface area contributed by atoms with E-state index in [4.69, 9.17) is 0 Å². The molecule has 110 valence electrons. The van der Waals surface area contributed by atoms with Crippen LogP contribution in [0.2, 0.25) is 0 Å². The Hall–Kier alpha value is -3.26. The molecule has 23 heavy (non-hydrogen) atoms. The smallest absolute Gasteiger partial charge is 0.140 e. The quantitative estimate of drug-likeness (QED) is 0.795. The van der Waals surface area contributed by atoms with Gasteiger partial charge >= 0.3 is 0 Å². The van der Waals surface area contributed by atoms with Crippen LogP contribution in [0.1, 0.15) is 5.56 Å². The molecule has 2 atom stereocenters. The predicted octanol–water partition coefficient (Wildman–Crippen LogP) is 3.65. The molecule has 2 aromatic rings. The Kier molecular flexibility index (Phi) is 3.21. The SMILES string of the molecule is N#C/C(=C\c1cccc2cnccc12)N1N=NC2C=CC=CC21. The minimum atomic E-state index is -0.0254. The molecule has 0 spiro atoms. The molecule has 0 radical (unpaired) electrons. The summed E-state index contributed by atoms with van der Waals surface area (Å²) in [6.07, 6.45) is 13.4. The van der Waals surface area contributed by atoms with Gasteiger partial charge in [0.05, 0.1) is 0 Å². The zero-order chi connectivity index (χ0) is 15.6.